The van der Waals surface area contributed by atoms with Gasteiger partial charge in [0.25, 0.3) is 0 Å². The summed E-state index contributed by atoms with van der Waals surface area (Å²) in [6.45, 7) is 2.08. The fourth-order valence-electron chi connectivity index (χ4n) is 2.90. The molecule has 3 rings (SSSR count). The molecule has 3 aromatic carbocycles. The molecule has 0 aliphatic heterocycles. The highest BCUT2D eigenvalue weighted by molar-refractivity contribution is 5.72. The van der Waals surface area contributed by atoms with E-state index in [1.54, 1.807) is 0 Å². The van der Waals surface area contributed by atoms with Gasteiger partial charge in [0.1, 0.15) is 0 Å². The van der Waals surface area contributed by atoms with Gasteiger partial charge < -0.3 is 0 Å². The Morgan fingerprint density at radius 2 is 1.26 bits per heavy atom. The molecule has 0 fully saturated rings. The van der Waals surface area contributed by atoms with Gasteiger partial charge in [-0.3, -0.25) is 0 Å². The van der Waals surface area contributed by atoms with Gasteiger partial charge in [0.05, 0.1) is 0 Å². The fourth-order valence-corrected chi connectivity index (χ4v) is 2.90. The molecule has 0 aliphatic rings. The van der Waals surface area contributed by atoms with Crippen LogP contribution in [0.1, 0.15) is 18.9 Å². The van der Waals surface area contributed by atoms with Crippen LogP contribution >= 0.6 is 0 Å². The van der Waals surface area contributed by atoms with Gasteiger partial charge in [0, 0.05) is 0 Å². The van der Waals surface area contributed by atoms with Gasteiger partial charge >= 0.3 is 0 Å². The minimum absolute atomic E-state index is 1.08. The summed E-state index contributed by atoms with van der Waals surface area (Å²) in [4.78, 5) is 0. The molecule has 0 amide bonds. The Hall–Kier alpha value is -2.60. The minimum Gasteiger partial charge on any atom is -0.0917 e. The average molecular weight is 298 g/mol. The Bertz CT molecular complexity index is 765. The Morgan fingerprint density at radius 3 is 2.00 bits per heavy atom. The number of hydrogen-bond acceptors (Lipinski definition) is 0. The summed E-state index contributed by atoms with van der Waals surface area (Å²) in [7, 11) is 0. The molecule has 0 heterocycles. The van der Waals surface area contributed by atoms with Crippen LogP contribution in [0.5, 0.6) is 0 Å². The number of allylic oxidation sites excluding steroid dienone is 2. The molecule has 0 aliphatic carbocycles. The normalized spacial score (nSPS) is 11.0. The van der Waals surface area contributed by atoms with Gasteiger partial charge in [-0.1, -0.05) is 91.0 Å². The third-order valence-corrected chi connectivity index (χ3v) is 4.14. The molecular formula is C23H22. The van der Waals surface area contributed by atoms with E-state index in [4.69, 9.17) is 0 Å². The average Bonchev–Trinajstić information content (AvgIpc) is 2.63. The summed E-state index contributed by atoms with van der Waals surface area (Å²) in [5.41, 5.74) is 6.58. The lowest BCUT2D eigenvalue weighted by atomic mass is 9.95. The van der Waals surface area contributed by atoms with E-state index in [0.29, 0.717) is 0 Å². The van der Waals surface area contributed by atoms with Crippen molar-refractivity contribution in [1.29, 1.82) is 0 Å². The highest BCUT2D eigenvalue weighted by atomic mass is 14.1. The molecule has 0 radical (unpaired) electrons. The number of aryl methyl sites for hydroxylation is 1. The van der Waals surface area contributed by atoms with Gasteiger partial charge in [0.15, 0.2) is 0 Å². The van der Waals surface area contributed by atoms with E-state index in [9.17, 15) is 0 Å². The monoisotopic (exact) mass is 298 g/mol. The van der Waals surface area contributed by atoms with Gasteiger partial charge in [-0.25, -0.2) is 0 Å². The van der Waals surface area contributed by atoms with Gasteiger partial charge in [0.2, 0.25) is 0 Å². The van der Waals surface area contributed by atoms with Crippen molar-refractivity contribution in [3.8, 4) is 22.3 Å². The van der Waals surface area contributed by atoms with E-state index < -0.39 is 0 Å². The van der Waals surface area contributed by atoms with E-state index in [-0.39, 0.29) is 0 Å². The maximum atomic E-state index is 2.24. The molecule has 3 aromatic rings. The molecule has 0 heteroatoms. The summed E-state index contributed by atoms with van der Waals surface area (Å²) in [5, 5.41) is 0. The van der Waals surface area contributed by atoms with Crippen LogP contribution in [-0.2, 0) is 6.42 Å². The summed E-state index contributed by atoms with van der Waals surface area (Å²) in [5.74, 6) is 0. The molecule has 0 aromatic heterocycles. The van der Waals surface area contributed by atoms with Crippen LogP contribution < -0.4 is 0 Å². The van der Waals surface area contributed by atoms with Crippen molar-refractivity contribution in [3.05, 3.63) is 96.6 Å². The van der Waals surface area contributed by atoms with E-state index in [1.807, 2.05) is 0 Å². The fraction of sp³-hybridized carbons (Fsp3) is 0.130. The van der Waals surface area contributed by atoms with Crippen LogP contribution in [0.3, 0.4) is 0 Å². The van der Waals surface area contributed by atoms with Crippen LogP contribution in [-0.4, -0.2) is 0 Å². The number of hydrogen-bond donors (Lipinski definition) is 0. The second-order valence-corrected chi connectivity index (χ2v) is 5.71. The molecule has 0 saturated carbocycles. The van der Waals surface area contributed by atoms with Crippen molar-refractivity contribution in [1.82, 2.24) is 0 Å². The van der Waals surface area contributed by atoms with Crippen LogP contribution in [0.25, 0.3) is 22.3 Å². The standard InChI is InChI=1S/C23H22/c1-2-3-5-12-21-13-8-9-14-23(21)22-17-15-20(16-18-22)19-10-6-4-7-11-19/h2-4,6-11,13-18H,5,12H2,1H3/b3-2+. The highest BCUT2D eigenvalue weighted by Crippen LogP contribution is 2.27. The molecule has 0 unspecified atom stereocenters. The predicted octanol–water partition coefficient (Wildman–Crippen LogP) is 6.53. The first kappa shape index (κ1) is 15.3. The Kier molecular flexibility index (Phi) is 5.06. The van der Waals surface area contributed by atoms with Crippen LogP contribution in [0.4, 0.5) is 0 Å². The van der Waals surface area contributed by atoms with E-state index in [0.717, 1.165) is 12.8 Å². The van der Waals surface area contributed by atoms with Crippen molar-refractivity contribution < 1.29 is 0 Å². The van der Waals surface area contributed by atoms with Crippen LogP contribution in [0.2, 0.25) is 0 Å². The maximum absolute atomic E-state index is 2.24. The van der Waals surface area contributed by atoms with Crippen molar-refractivity contribution in [3.63, 3.8) is 0 Å². The summed E-state index contributed by atoms with van der Waals surface area (Å²) in [6, 6.07) is 28.1. The van der Waals surface area contributed by atoms with E-state index in [2.05, 4.69) is 97.9 Å². The summed E-state index contributed by atoms with van der Waals surface area (Å²) >= 11 is 0. The molecule has 0 nitrogen and oxygen atoms in total. The number of rotatable bonds is 5. The lowest BCUT2D eigenvalue weighted by Gasteiger charge is -2.10. The van der Waals surface area contributed by atoms with Gasteiger partial charge in [-0.05, 0) is 47.6 Å². The third-order valence-electron chi connectivity index (χ3n) is 4.14. The smallest absolute Gasteiger partial charge is 0.0152 e. The second-order valence-electron chi connectivity index (χ2n) is 5.71. The topological polar surface area (TPSA) is 0 Å². The second kappa shape index (κ2) is 7.60. The quantitative estimate of drug-likeness (QED) is 0.470. The molecule has 114 valence electrons. The zero-order chi connectivity index (χ0) is 15.9. The van der Waals surface area contributed by atoms with Crippen LogP contribution in [0.15, 0.2) is 91.0 Å². The molecule has 0 N–H and O–H groups in total. The molecule has 0 spiro atoms. The lowest BCUT2D eigenvalue weighted by Crippen LogP contribution is -1.89. The van der Waals surface area contributed by atoms with Crippen molar-refractivity contribution in [2.45, 2.75) is 19.8 Å². The van der Waals surface area contributed by atoms with Gasteiger partial charge in [-0.15, -0.1) is 0 Å². The highest BCUT2D eigenvalue weighted by Gasteiger charge is 2.04. The first-order chi connectivity index (χ1) is 11.4. The zero-order valence-electron chi connectivity index (χ0n) is 13.6. The van der Waals surface area contributed by atoms with E-state index >= 15 is 0 Å². The minimum atomic E-state index is 1.08. The Labute approximate surface area is 139 Å². The molecule has 23 heavy (non-hydrogen) atoms. The van der Waals surface area contributed by atoms with Crippen molar-refractivity contribution in [2.24, 2.45) is 0 Å². The Balaban J connectivity index is 1.88. The van der Waals surface area contributed by atoms with Crippen LogP contribution in [0, 0.1) is 0 Å². The first-order valence-corrected chi connectivity index (χ1v) is 8.23. The maximum Gasteiger partial charge on any atom is -0.0152 e. The number of benzene rings is 3. The first-order valence-electron chi connectivity index (χ1n) is 8.23. The summed E-state index contributed by atoms with van der Waals surface area (Å²) < 4.78 is 0. The molecule has 0 bridgehead atoms. The molecule has 0 saturated heterocycles. The van der Waals surface area contributed by atoms with Gasteiger partial charge in [-0.2, -0.15) is 0 Å². The Morgan fingerprint density at radius 1 is 0.652 bits per heavy atom. The predicted molar refractivity (Wildman–Crippen MR) is 100 cm³/mol. The third kappa shape index (κ3) is 3.78. The zero-order valence-corrected chi connectivity index (χ0v) is 13.6. The summed E-state index contributed by atoms with van der Waals surface area (Å²) in [6.07, 6.45) is 6.53. The van der Waals surface area contributed by atoms with Crippen molar-refractivity contribution >= 4 is 0 Å². The SMILES string of the molecule is C/C=C/CCc1ccccc1-c1ccc(-c2ccccc2)cc1. The molecule has 0 atom stereocenters. The molecular weight excluding hydrogens is 276 g/mol. The lowest BCUT2D eigenvalue weighted by molar-refractivity contribution is 1.00. The van der Waals surface area contributed by atoms with E-state index in [1.165, 1.54) is 27.8 Å². The van der Waals surface area contributed by atoms with Crippen molar-refractivity contribution in [2.75, 3.05) is 0 Å². The largest absolute Gasteiger partial charge is 0.0917 e.